The Kier molecular flexibility index (Phi) is 7.58. The van der Waals surface area contributed by atoms with Gasteiger partial charge in [-0.05, 0) is 33.7 Å². The van der Waals surface area contributed by atoms with Gasteiger partial charge in [-0.15, -0.1) is 38.2 Å². The molecule has 0 saturated heterocycles. The molecule has 26 radical (unpaired) electrons. The number of rotatable bonds is 3. The van der Waals surface area contributed by atoms with Crippen LogP contribution in [0.5, 0.6) is 0 Å². The summed E-state index contributed by atoms with van der Waals surface area (Å²) in [6.45, 7) is 3.79. The maximum atomic E-state index is 6.48. The first-order valence-corrected chi connectivity index (χ1v) is 10.2. The monoisotopic (exact) mass is 402 g/mol. The van der Waals surface area contributed by atoms with E-state index in [1.165, 1.54) is 0 Å². The minimum Gasteiger partial charge on any atom is -0.112 e. The van der Waals surface area contributed by atoms with Crippen LogP contribution in [0.4, 0.5) is 0 Å². The molecule has 0 amide bonds. The van der Waals surface area contributed by atoms with Crippen molar-refractivity contribution in [2.45, 2.75) is 19.8 Å². The van der Waals surface area contributed by atoms with Crippen LogP contribution in [0.25, 0.3) is 22.3 Å². The molecule has 0 nitrogen and oxygen atoms in total. The van der Waals surface area contributed by atoms with Crippen molar-refractivity contribution in [3.63, 3.8) is 0 Å². The Morgan fingerprint density at radius 1 is 0.294 bits per heavy atom. The molecule has 34 heavy (non-hydrogen) atoms. The van der Waals surface area contributed by atoms with Gasteiger partial charge in [-0.3, -0.25) is 0 Å². The highest BCUT2D eigenvalue weighted by atomic mass is 14.3. The maximum absolute atomic E-state index is 6.48. The fraction of sp³-hybridized carbons (Fsp3) is 0.143. The molecule has 0 spiro atoms. The van der Waals surface area contributed by atoms with Crippen molar-refractivity contribution < 1.29 is 0 Å². The second-order valence-electron chi connectivity index (χ2n) is 8.45. The summed E-state index contributed by atoms with van der Waals surface area (Å²) >= 11 is 0. The van der Waals surface area contributed by atoms with E-state index in [0.717, 1.165) is 0 Å². The van der Waals surface area contributed by atoms with Crippen LogP contribution in [0, 0.1) is 0 Å². The Bertz CT molecular complexity index is 1200. The highest BCUT2D eigenvalue weighted by Crippen LogP contribution is 2.31. The first kappa shape index (κ1) is 27.1. The quantitative estimate of drug-likeness (QED) is 0.384. The lowest BCUT2D eigenvalue weighted by Gasteiger charge is -2.32. The summed E-state index contributed by atoms with van der Waals surface area (Å²) in [4.78, 5) is 0. The van der Waals surface area contributed by atoms with Gasteiger partial charge in [0.05, 0.1) is 0 Å². The zero-order valence-corrected chi connectivity index (χ0v) is 19.1. The van der Waals surface area contributed by atoms with E-state index in [0.29, 0.717) is 16.7 Å². The van der Waals surface area contributed by atoms with Gasteiger partial charge in [0.25, 0.3) is 0 Å². The summed E-state index contributed by atoms with van der Waals surface area (Å²) in [5.41, 5.74) is 2.66. The number of hydrogen-bond acceptors (Lipinski definition) is 0. The van der Waals surface area contributed by atoms with Gasteiger partial charge in [-0.2, -0.15) is 0 Å². The molecule has 0 heterocycles. The molecular formula is C21H7B13. The molecule has 0 atom stereocenters. The Balaban J connectivity index is 2.69. The lowest BCUT2D eigenvalue weighted by atomic mass is 9.55. The highest BCUT2D eigenvalue weighted by Gasteiger charge is 2.26. The lowest BCUT2D eigenvalue weighted by molar-refractivity contribution is 0.874. The van der Waals surface area contributed by atoms with Crippen molar-refractivity contribution in [3.05, 3.63) is 5.56 Å². The SMILES string of the molecule is [B]c1c([B])c([B])c(-c2c([B])c([B])c([B])c(-c3c([B])c([B])c([B])c([B])c3[B])c2C(C)C)c([B])c1[B]. The van der Waals surface area contributed by atoms with E-state index in [2.05, 4.69) is 0 Å². The van der Waals surface area contributed by atoms with Crippen LogP contribution in [0.1, 0.15) is 25.3 Å². The molecule has 0 aromatic heterocycles. The van der Waals surface area contributed by atoms with Gasteiger partial charge in [0.15, 0.2) is 0 Å². The third kappa shape index (κ3) is 3.90. The molecule has 0 unspecified atom stereocenters. The predicted octanol–water partition coefficient (Wildman–Crippen LogP) is -9.54. The molecule has 0 bridgehead atoms. The molecule has 0 fully saturated rings. The molecule has 0 N–H and O–H groups in total. The minimum atomic E-state index is -0.243. The Labute approximate surface area is 220 Å². The van der Waals surface area contributed by atoms with Crippen molar-refractivity contribution in [2.24, 2.45) is 0 Å². The van der Waals surface area contributed by atoms with Crippen LogP contribution < -0.4 is 71.0 Å². The van der Waals surface area contributed by atoms with Crippen molar-refractivity contribution in [3.8, 4) is 22.3 Å². The maximum Gasteiger partial charge on any atom is 0.113 e. The van der Waals surface area contributed by atoms with Gasteiger partial charge >= 0.3 is 0 Å². The van der Waals surface area contributed by atoms with Gasteiger partial charge < -0.3 is 0 Å². The van der Waals surface area contributed by atoms with Gasteiger partial charge in [0.2, 0.25) is 0 Å². The fourth-order valence-corrected chi connectivity index (χ4v) is 4.18. The normalized spacial score (nSPS) is 11.3. The third-order valence-corrected chi connectivity index (χ3v) is 6.13. The van der Waals surface area contributed by atoms with Gasteiger partial charge in [0.1, 0.15) is 102 Å². The van der Waals surface area contributed by atoms with E-state index in [9.17, 15) is 0 Å². The van der Waals surface area contributed by atoms with Crippen molar-refractivity contribution in [1.29, 1.82) is 0 Å². The summed E-state index contributed by atoms with van der Waals surface area (Å²) < 4.78 is 0. The van der Waals surface area contributed by atoms with E-state index < -0.39 is 0 Å². The largest absolute Gasteiger partial charge is 0.113 e. The average Bonchev–Trinajstić information content (AvgIpc) is 2.79. The van der Waals surface area contributed by atoms with Gasteiger partial charge in [-0.25, -0.2) is 0 Å². The van der Waals surface area contributed by atoms with Crippen LogP contribution in [0.2, 0.25) is 0 Å². The number of hydrogen-bond donors (Lipinski definition) is 0. The van der Waals surface area contributed by atoms with Crippen molar-refractivity contribution >= 4 is 173 Å². The van der Waals surface area contributed by atoms with Gasteiger partial charge in [-0.1, -0.05) is 46.6 Å². The molecule has 3 aromatic rings. The first-order chi connectivity index (χ1) is 15.7. The third-order valence-electron chi connectivity index (χ3n) is 6.13. The Morgan fingerprint density at radius 3 is 0.706 bits per heavy atom. The van der Waals surface area contributed by atoms with E-state index in [-0.39, 0.29) is 88.1 Å². The standard InChI is InChI=1S/C21H7B13/c1-3(2)4-5(7-11(24)16(29)20(33)17(30)12(7)25)9(22)15(28)10(23)6(4)8-13(26)18(31)21(34)19(32)14(8)27/h3H,1-2H3. The molecule has 0 aliphatic carbocycles. The summed E-state index contributed by atoms with van der Waals surface area (Å²) in [6.07, 6.45) is 0. The molecule has 0 saturated carbocycles. The Hall–Kier alpha value is -1.50. The summed E-state index contributed by atoms with van der Waals surface area (Å²) in [5, 5.41) is 0. The van der Waals surface area contributed by atoms with Crippen LogP contribution in [-0.4, -0.2) is 102 Å². The first-order valence-electron chi connectivity index (χ1n) is 10.2. The van der Waals surface area contributed by atoms with Crippen LogP contribution in [0.3, 0.4) is 0 Å². The van der Waals surface area contributed by atoms with E-state index >= 15 is 0 Å². The molecule has 130 valence electrons. The zero-order valence-electron chi connectivity index (χ0n) is 19.1. The number of benzene rings is 3. The average molecular weight is 400 g/mol. The predicted molar refractivity (Wildman–Crippen MR) is 161 cm³/mol. The van der Waals surface area contributed by atoms with E-state index in [4.69, 9.17) is 102 Å². The minimum absolute atomic E-state index is 0.0370. The lowest BCUT2D eigenvalue weighted by Crippen LogP contribution is -2.57. The summed E-state index contributed by atoms with van der Waals surface area (Å²) in [7, 11) is 81.1. The smallest absolute Gasteiger partial charge is 0.112 e. The second-order valence-corrected chi connectivity index (χ2v) is 8.45. The molecule has 3 aromatic carbocycles. The molecular weight excluding hydrogens is 393 g/mol. The van der Waals surface area contributed by atoms with E-state index in [1.807, 2.05) is 13.8 Å². The van der Waals surface area contributed by atoms with E-state index in [1.54, 1.807) is 0 Å². The summed E-state index contributed by atoms with van der Waals surface area (Å²) in [5.74, 6) is -0.243. The zero-order chi connectivity index (χ0) is 26.0. The Morgan fingerprint density at radius 2 is 0.471 bits per heavy atom. The molecule has 13 heteroatoms. The van der Waals surface area contributed by atoms with Crippen molar-refractivity contribution in [2.75, 3.05) is 0 Å². The summed E-state index contributed by atoms with van der Waals surface area (Å²) in [6, 6.07) is 0. The van der Waals surface area contributed by atoms with Crippen LogP contribution >= 0.6 is 0 Å². The van der Waals surface area contributed by atoms with Crippen LogP contribution in [0.15, 0.2) is 0 Å². The fourth-order valence-electron chi connectivity index (χ4n) is 4.18. The molecule has 3 rings (SSSR count). The van der Waals surface area contributed by atoms with Crippen molar-refractivity contribution in [1.82, 2.24) is 0 Å². The molecule has 0 aliphatic rings. The highest BCUT2D eigenvalue weighted by molar-refractivity contribution is 6.71. The second kappa shape index (κ2) is 9.52. The molecule has 0 aliphatic heterocycles. The van der Waals surface area contributed by atoms with Crippen LogP contribution in [-0.2, 0) is 0 Å². The topological polar surface area (TPSA) is 0 Å². The van der Waals surface area contributed by atoms with Gasteiger partial charge in [0, 0.05) is 0 Å².